The minimum Gasteiger partial charge on any atom is -0.352 e. The van der Waals surface area contributed by atoms with Crippen LogP contribution in [0.5, 0.6) is 0 Å². The summed E-state index contributed by atoms with van der Waals surface area (Å²) in [5, 5.41) is 2.76. The highest BCUT2D eigenvalue weighted by atomic mass is 16.2. The average Bonchev–Trinajstić information content (AvgIpc) is 3.26. The van der Waals surface area contributed by atoms with Gasteiger partial charge in [0.25, 0.3) is 0 Å². The van der Waals surface area contributed by atoms with Crippen LogP contribution in [0.15, 0.2) is 12.7 Å². The molecule has 2 aliphatic rings. The van der Waals surface area contributed by atoms with Gasteiger partial charge in [-0.3, -0.25) is 14.5 Å². The summed E-state index contributed by atoms with van der Waals surface area (Å²) in [6, 6.07) is 0. The number of piperazine rings is 1. The van der Waals surface area contributed by atoms with Crippen molar-refractivity contribution in [1.29, 1.82) is 0 Å². The summed E-state index contributed by atoms with van der Waals surface area (Å²) in [7, 11) is 0. The van der Waals surface area contributed by atoms with E-state index < -0.39 is 0 Å². The van der Waals surface area contributed by atoms with Gasteiger partial charge in [0.1, 0.15) is 0 Å². The van der Waals surface area contributed by atoms with Crippen LogP contribution >= 0.6 is 0 Å². The molecule has 1 aliphatic carbocycles. The number of nitrogens with one attached hydrogen (secondary N) is 1. The molecule has 1 heterocycles. The van der Waals surface area contributed by atoms with Gasteiger partial charge in [0.15, 0.2) is 0 Å². The van der Waals surface area contributed by atoms with Crippen LogP contribution in [-0.2, 0) is 9.59 Å². The number of hydrogen-bond acceptors (Lipinski definition) is 4. The standard InChI is InChI=1S/C14H24N4O2/c1-2-5-16-12(19)10-17-6-8-18(9-7-17)13(20)14(11-15)3-4-14/h2H,1,3-11,15H2,(H,16,19). The molecule has 0 atom stereocenters. The molecule has 0 spiro atoms. The number of carbonyl (C=O) groups excluding carboxylic acids is 2. The highest BCUT2D eigenvalue weighted by Gasteiger charge is 2.50. The van der Waals surface area contributed by atoms with Gasteiger partial charge in [-0.2, -0.15) is 0 Å². The Hall–Kier alpha value is -1.40. The Morgan fingerprint density at radius 3 is 2.40 bits per heavy atom. The van der Waals surface area contributed by atoms with Crippen LogP contribution in [0.2, 0.25) is 0 Å². The highest BCUT2D eigenvalue weighted by Crippen LogP contribution is 2.46. The summed E-state index contributed by atoms with van der Waals surface area (Å²) in [5.41, 5.74) is 5.44. The molecule has 0 aromatic rings. The molecule has 1 aliphatic heterocycles. The minimum atomic E-state index is -0.260. The van der Waals surface area contributed by atoms with Crippen molar-refractivity contribution in [3.63, 3.8) is 0 Å². The molecule has 20 heavy (non-hydrogen) atoms. The van der Waals surface area contributed by atoms with Gasteiger partial charge in [-0.15, -0.1) is 6.58 Å². The van der Waals surface area contributed by atoms with E-state index in [4.69, 9.17) is 5.73 Å². The van der Waals surface area contributed by atoms with Crippen LogP contribution in [0.3, 0.4) is 0 Å². The smallest absolute Gasteiger partial charge is 0.234 e. The SMILES string of the molecule is C=CCNC(=O)CN1CCN(C(=O)C2(CN)CC2)CC1. The van der Waals surface area contributed by atoms with E-state index in [1.165, 1.54) is 0 Å². The first-order chi connectivity index (χ1) is 9.61. The zero-order valence-electron chi connectivity index (χ0n) is 11.9. The quantitative estimate of drug-likeness (QED) is 0.623. The van der Waals surface area contributed by atoms with Gasteiger partial charge in [-0.05, 0) is 12.8 Å². The van der Waals surface area contributed by atoms with Crippen molar-refractivity contribution < 1.29 is 9.59 Å². The third kappa shape index (κ3) is 3.37. The van der Waals surface area contributed by atoms with Crippen molar-refractivity contribution in [2.75, 3.05) is 45.8 Å². The van der Waals surface area contributed by atoms with Crippen LogP contribution in [0, 0.1) is 5.41 Å². The van der Waals surface area contributed by atoms with E-state index in [0.717, 1.165) is 25.9 Å². The lowest BCUT2D eigenvalue weighted by molar-refractivity contribution is -0.138. The number of carbonyl (C=O) groups is 2. The number of nitrogens with zero attached hydrogens (tertiary/aromatic N) is 2. The summed E-state index contributed by atoms with van der Waals surface area (Å²) in [4.78, 5) is 27.9. The molecule has 2 rings (SSSR count). The number of hydrogen-bond donors (Lipinski definition) is 2. The molecule has 1 saturated heterocycles. The second-order valence-electron chi connectivity index (χ2n) is 5.65. The molecule has 112 valence electrons. The summed E-state index contributed by atoms with van der Waals surface area (Å²) in [6.45, 7) is 7.77. The van der Waals surface area contributed by atoms with Crippen LogP contribution in [0.1, 0.15) is 12.8 Å². The van der Waals surface area contributed by atoms with Gasteiger partial charge in [0, 0.05) is 39.3 Å². The van der Waals surface area contributed by atoms with Crippen LogP contribution in [0.25, 0.3) is 0 Å². The van der Waals surface area contributed by atoms with Crippen LogP contribution in [0.4, 0.5) is 0 Å². The van der Waals surface area contributed by atoms with Gasteiger partial charge < -0.3 is 16.0 Å². The Balaban J connectivity index is 1.74. The Kier molecular flexibility index (Phi) is 4.77. The number of nitrogens with two attached hydrogens (primary N) is 1. The minimum absolute atomic E-state index is 0.00491. The van der Waals surface area contributed by atoms with Crippen molar-refractivity contribution in [3.8, 4) is 0 Å². The molecule has 3 N–H and O–H groups in total. The fourth-order valence-corrected chi connectivity index (χ4v) is 2.55. The lowest BCUT2D eigenvalue weighted by Gasteiger charge is -2.36. The van der Waals surface area contributed by atoms with Crippen LogP contribution < -0.4 is 11.1 Å². The number of amides is 2. The predicted octanol–water partition coefficient (Wildman–Crippen LogP) is -0.828. The zero-order valence-corrected chi connectivity index (χ0v) is 11.9. The third-order valence-corrected chi connectivity index (χ3v) is 4.17. The normalized spacial score (nSPS) is 21.4. The first kappa shape index (κ1) is 15.0. The summed E-state index contributed by atoms with van der Waals surface area (Å²) in [5.74, 6) is 0.209. The molecule has 0 bridgehead atoms. The monoisotopic (exact) mass is 280 g/mol. The van der Waals surface area contributed by atoms with Gasteiger partial charge in [0.2, 0.25) is 11.8 Å². The molecule has 6 heteroatoms. The van der Waals surface area contributed by atoms with Gasteiger partial charge in [-0.1, -0.05) is 6.08 Å². The molecule has 1 saturated carbocycles. The van der Waals surface area contributed by atoms with Crippen molar-refractivity contribution in [2.24, 2.45) is 11.1 Å². The second kappa shape index (κ2) is 6.37. The van der Waals surface area contributed by atoms with Gasteiger partial charge in [-0.25, -0.2) is 0 Å². The molecule has 0 aromatic heterocycles. The molecule has 6 nitrogen and oxygen atoms in total. The van der Waals surface area contributed by atoms with Crippen molar-refractivity contribution in [3.05, 3.63) is 12.7 Å². The maximum absolute atomic E-state index is 12.3. The maximum Gasteiger partial charge on any atom is 0.234 e. The zero-order chi connectivity index (χ0) is 14.6. The third-order valence-electron chi connectivity index (χ3n) is 4.17. The van der Waals surface area contributed by atoms with Gasteiger partial charge >= 0.3 is 0 Å². The number of rotatable bonds is 6. The average molecular weight is 280 g/mol. The Morgan fingerprint density at radius 1 is 1.25 bits per heavy atom. The fourth-order valence-electron chi connectivity index (χ4n) is 2.55. The molecular weight excluding hydrogens is 256 g/mol. The van der Waals surface area contributed by atoms with Crippen molar-refractivity contribution in [2.45, 2.75) is 12.8 Å². The lowest BCUT2D eigenvalue weighted by atomic mass is 10.1. The van der Waals surface area contributed by atoms with E-state index in [-0.39, 0.29) is 17.2 Å². The summed E-state index contributed by atoms with van der Waals surface area (Å²) >= 11 is 0. The van der Waals surface area contributed by atoms with E-state index in [1.54, 1.807) is 6.08 Å². The molecule has 2 fully saturated rings. The van der Waals surface area contributed by atoms with E-state index in [2.05, 4.69) is 16.8 Å². The molecule has 0 unspecified atom stereocenters. The van der Waals surface area contributed by atoms with Gasteiger partial charge in [0.05, 0.1) is 12.0 Å². The first-order valence-electron chi connectivity index (χ1n) is 7.21. The van der Waals surface area contributed by atoms with Crippen LogP contribution in [-0.4, -0.2) is 67.4 Å². The molecule has 0 aromatic carbocycles. The summed E-state index contributed by atoms with van der Waals surface area (Å²) in [6.07, 6.45) is 3.51. The lowest BCUT2D eigenvalue weighted by Crippen LogP contribution is -2.53. The first-order valence-corrected chi connectivity index (χ1v) is 7.21. The van der Waals surface area contributed by atoms with E-state index in [0.29, 0.717) is 32.7 Å². The maximum atomic E-state index is 12.3. The Labute approximate surface area is 120 Å². The molecular formula is C14H24N4O2. The fraction of sp³-hybridized carbons (Fsp3) is 0.714. The second-order valence-corrected chi connectivity index (χ2v) is 5.65. The van der Waals surface area contributed by atoms with Crippen molar-refractivity contribution in [1.82, 2.24) is 15.1 Å². The highest BCUT2D eigenvalue weighted by molar-refractivity contribution is 5.85. The van der Waals surface area contributed by atoms with E-state index in [9.17, 15) is 9.59 Å². The summed E-state index contributed by atoms with van der Waals surface area (Å²) < 4.78 is 0. The van der Waals surface area contributed by atoms with E-state index >= 15 is 0 Å². The Bertz CT molecular complexity index is 385. The van der Waals surface area contributed by atoms with E-state index in [1.807, 2.05) is 4.90 Å². The van der Waals surface area contributed by atoms with Crippen molar-refractivity contribution >= 4 is 11.8 Å². The molecule has 0 radical (unpaired) electrons. The topological polar surface area (TPSA) is 78.7 Å². The Morgan fingerprint density at radius 2 is 1.90 bits per heavy atom. The largest absolute Gasteiger partial charge is 0.352 e. The molecule has 2 amide bonds. The predicted molar refractivity (Wildman–Crippen MR) is 76.9 cm³/mol.